The molecule has 0 fully saturated rings. The topological polar surface area (TPSA) is 0 Å². The van der Waals surface area contributed by atoms with Gasteiger partial charge in [0.1, 0.15) is 0 Å². The van der Waals surface area contributed by atoms with E-state index in [0.717, 1.165) is 6.42 Å². The quantitative estimate of drug-likeness (QED) is 0.322. The Morgan fingerprint density at radius 1 is 1.80 bits per heavy atom. The van der Waals surface area contributed by atoms with E-state index in [1.165, 1.54) is 6.08 Å². The van der Waals surface area contributed by atoms with Crippen molar-refractivity contribution in [3.8, 4) is 0 Å². The van der Waals surface area contributed by atoms with E-state index < -0.39 is 0 Å². The van der Waals surface area contributed by atoms with E-state index >= 15 is 0 Å². The van der Waals surface area contributed by atoms with E-state index in [9.17, 15) is 0 Å². The van der Waals surface area contributed by atoms with Crippen molar-refractivity contribution in [3.05, 3.63) is 19.6 Å². The van der Waals surface area contributed by atoms with Gasteiger partial charge in [-0.1, -0.05) is 0 Å². The normalized spacial score (nSPS) is 5.00. The molecule has 5 heavy (non-hydrogen) atoms. The Morgan fingerprint density at radius 2 is 2.00 bits per heavy atom. The molecule has 0 amide bonds. The van der Waals surface area contributed by atoms with Gasteiger partial charge >= 0.3 is 23.1 Å². The molecule has 24 valence electrons. The predicted molar refractivity (Wildman–Crippen MR) is 24.6 cm³/mol. The molecule has 1 heteroatoms. The van der Waals surface area contributed by atoms with Crippen LogP contribution >= 0.6 is 0 Å². The van der Waals surface area contributed by atoms with Crippen LogP contribution in [0, 0.1) is 13.5 Å². The standard InChI is InChI=1S/C4H6.Mg/c1-3-4-2;/h1,3H,2,4H2;/q-2;+2. The van der Waals surface area contributed by atoms with Gasteiger partial charge < -0.3 is 19.6 Å². The van der Waals surface area contributed by atoms with Crippen molar-refractivity contribution in [2.75, 3.05) is 0 Å². The number of hydrogen-bond acceptors (Lipinski definition) is 0. The van der Waals surface area contributed by atoms with Crippen molar-refractivity contribution in [2.45, 2.75) is 6.42 Å². The van der Waals surface area contributed by atoms with Gasteiger partial charge in [0, 0.05) is 0 Å². The summed E-state index contributed by atoms with van der Waals surface area (Å²) < 4.78 is 0. The Labute approximate surface area is 49.4 Å². The monoisotopic (exact) mass is 78.0 g/mol. The summed E-state index contributed by atoms with van der Waals surface area (Å²) in [6.45, 7) is 8.26. The molecule has 0 radical (unpaired) electrons. The van der Waals surface area contributed by atoms with Crippen LogP contribution in [0.4, 0.5) is 0 Å². The van der Waals surface area contributed by atoms with Crippen molar-refractivity contribution >= 4 is 23.1 Å². The summed E-state index contributed by atoms with van der Waals surface area (Å²) in [5.74, 6) is 0. The fourth-order valence-corrected chi connectivity index (χ4v) is 0. The molecule has 0 aliphatic rings. The van der Waals surface area contributed by atoms with Crippen LogP contribution in [0.25, 0.3) is 0 Å². The van der Waals surface area contributed by atoms with E-state index in [2.05, 4.69) is 6.92 Å². The molecule has 0 aromatic heterocycles. The molecule has 0 saturated heterocycles. The van der Waals surface area contributed by atoms with Gasteiger partial charge in [-0.05, 0) is 0 Å². The molecular weight excluding hydrogens is 72.3 g/mol. The summed E-state index contributed by atoms with van der Waals surface area (Å²) >= 11 is 0. The Kier molecular flexibility index (Phi) is 16.0. The summed E-state index contributed by atoms with van der Waals surface area (Å²) in [6.07, 6.45) is 2.24. The third kappa shape index (κ3) is 12.5. The van der Waals surface area contributed by atoms with Crippen molar-refractivity contribution < 1.29 is 0 Å². The molecule has 0 saturated carbocycles. The largest absolute Gasteiger partial charge is 2.00 e. The summed E-state index contributed by atoms with van der Waals surface area (Å²) in [4.78, 5) is 0. The average Bonchev–Trinajstić information content (AvgIpc) is 1.37. The van der Waals surface area contributed by atoms with Gasteiger partial charge in [-0.2, -0.15) is 6.42 Å². The Balaban J connectivity index is 0. The van der Waals surface area contributed by atoms with E-state index in [1.807, 2.05) is 0 Å². The number of hydrogen-bond donors (Lipinski definition) is 0. The minimum absolute atomic E-state index is 0. The maximum Gasteiger partial charge on any atom is 2.00 e. The molecule has 0 aliphatic heterocycles. The molecule has 0 unspecified atom stereocenters. The second-order valence-electron chi connectivity index (χ2n) is 0.524. The Hall–Kier alpha value is 0.506. The second-order valence-corrected chi connectivity index (χ2v) is 0.524. The maximum atomic E-state index is 4.84. The van der Waals surface area contributed by atoms with Crippen molar-refractivity contribution in [1.29, 1.82) is 0 Å². The first kappa shape index (κ1) is 9.09. The van der Waals surface area contributed by atoms with Gasteiger partial charge in [0.15, 0.2) is 0 Å². The molecule has 0 bridgehead atoms. The van der Waals surface area contributed by atoms with Gasteiger partial charge in [0.05, 0.1) is 0 Å². The van der Waals surface area contributed by atoms with Crippen LogP contribution in [0.1, 0.15) is 6.42 Å². The molecule has 0 spiro atoms. The zero-order valence-corrected chi connectivity index (χ0v) is 4.69. The predicted octanol–water partition coefficient (Wildman–Crippen LogP) is 0.819. The first-order valence-corrected chi connectivity index (χ1v) is 1.24. The molecule has 0 aliphatic carbocycles. The van der Waals surface area contributed by atoms with E-state index in [-0.39, 0.29) is 23.1 Å². The van der Waals surface area contributed by atoms with E-state index in [0.29, 0.717) is 0 Å². The van der Waals surface area contributed by atoms with Crippen LogP contribution in [0.15, 0.2) is 6.08 Å². The molecule has 0 heterocycles. The van der Waals surface area contributed by atoms with Crippen LogP contribution in [-0.4, -0.2) is 23.1 Å². The number of allylic oxidation sites excluding steroid dienone is 1. The van der Waals surface area contributed by atoms with E-state index in [4.69, 9.17) is 6.58 Å². The smallest absolute Gasteiger partial charge is 0.520 e. The summed E-state index contributed by atoms with van der Waals surface area (Å²) in [5, 5.41) is 0. The van der Waals surface area contributed by atoms with Crippen LogP contribution in [0.3, 0.4) is 0 Å². The SMILES string of the molecule is [CH-]=CC[CH2-].[Mg+2]. The number of rotatable bonds is 1. The van der Waals surface area contributed by atoms with Crippen molar-refractivity contribution in [3.63, 3.8) is 0 Å². The zero-order valence-electron chi connectivity index (χ0n) is 3.28. The molecule has 0 rings (SSSR count). The van der Waals surface area contributed by atoms with Crippen LogP contribution < -0.4 is 0 Å². The molecular formula is C4H6Mg. The Bertz CT molecular complexity index is 17.6. The average molecular weight is 78.4 g/mol. The molecule has 0 aromatic rings. The van der Waals surface area contributed by atoms with Gasteiger partial charge in [-0.3, -0.25) is 0 Å². The fraction of sp³-hybridized carbons (Fsp3) is 0.250. The third-order valence-corrected chi connectivity index (χ3v) is 0.167. The minimum Gasteiger partial charge on any atom is -0.520 e. The summed E-state index contributed by atoms with van der Waals surface area (Å²) in [7, 11) is 0. The fourth-order valence-electron chi connectivity index (χ4n) is 0. The van der Waals surface area contributed by atoms with Crippen LogP contribution in [-0.2, 0) is 0 Å². The van der Waals surface area contributed by atoms with Crippen LogP contribution in [0.2, 0.25) is 0 Å². The maximum absolute atomic E-state index is 4.84. The second kappa shape index (κ2) is 8.82. The van der Waals surface area contributed by atoms with Gasteiger partial charge in [0.25, 0.3) is 0 Å². The van der Waals surface area contributed by atoms with Gasteiger partial charge in [-0.15, -0.1) is 0 Å². The summed E-state index contributed by atoms with van der Waals surface area (Å²) in [5.41, 5.74) is 0. The first-order chi connectivity index (χ1) is 1.91. The minimum atomic E-state index is 0. The molecule has 0 aromatic carbocycles. The third-order valence-electron chi connectivity index (χ3n) is 0.167. The van der Waals surface area contributed by atoms with Crippen molar-refractivity contribution in [2.24, 2.45) is 0 Å². The zero-order chi connectivity index (χ0) is 3.41. The summed E-state index contributed by atoms with van der Waals surface area (Å²) in [6, 6.07) is 0. The van der Waals surface area contributed by atoms with Crippen LogP contribution in [0.5, 0.6) is 0 Å². The molecule has 0 N–H and O–H groups in total. The van der Waals surface area contributed by atoms with E-state index in [1.54, 1.807) is 0 Å². The van der Waals surface area contributed by atoms with Gasteiger partial charge in [0.2, 0.25) is 0 Å². The molecule has 0 nitrogen and oxygen atoms in total. The van der Waals surface area contributed by atoms with Crippen molar-refractivity contribution in [1.82, 2.24) is 0 Å². The van der Waals surface area contributed by atoms with Gasteiger partial charge in [-0.25, -0.2) is 0 Å². The molecule has 0 atom stereocenters. The Morgan fingerprint density at radius 3 is 2.00 bits per heavy atom. The first-order valence-electron chi connectivity index (χ1n) is 1.24.